The van der Waals surface area contributed by atoms with Gasteiger partial charge >= 0.3 is 0 Å². The number of aryl methyl sites for hydroxylation is 1. The van der Waals surface area contributed by atoms with E-state index >= 15 is 0 Å². The van der Waals surface area contributed by atoms with Gasteiger partial charge in [0, 0.05) is 29.4 Å². The lowest BCUT2D eigenvalue weighted by molar-refractivity contribution is -0.607. The van der Waals surface area contributed by atoms with E-state index < -0.39 is 5.82 Å². The van der Waals surface area contributed by atoms with Crippen LogP contribution in [0.25, 0.3) is 11.1 Å². The Kier molecular flexibility index (Phi) is 5.65. The van der Waals surface area contributed by atoms with E-state index in [2.05, 4.69) is 24.1 Å². The van der Waals surface area contributed by atoms with Crippen molar-refractivity contribution in [1.29, 1.82) is 0 Å². The molecule has 2 atom stereocenters. The van der Waals surface area contributed by atoms with Gasteiger partial charge in [-0.1, -0.05) is 32.0 Å². The molecule has 2 aliphatic rings. The summed E-state index contributed by atoms with van der Waals surface area (Å²) in [7, 11) is 0. The van der Waals surface area contributed by atoms with Gasteiger partial charge in [-0.05, 0) is 76.1 Å². The SMILES string of the molecule is Cc1nc(N)cc(C(C)C)c1CNC(=O)c1ccc2c(c1)[C@@H]1O[C@H]2c2ccc(-c3cc[n+]([O-])cc3F)cc21. The van der Waals surface area contributed by atoms with Crippen molar-refractivity contribution in [3.8, 4) is 11.1 Å². The number of hydrogen-bond donors (Lipinski definition) is 2. The quantitative estimate of drug-likeness (QED) is 0.291. The first-order valence-corrected chi connectivity index (χ1v) is 12.6. The third-order valence-corrected chi connectivity index (χ3v) is 7.47. The fourth-order valence-corrected chi connectivity index (χ4v) is 5.60. The van der Waals surface area contributed by atoms with Crippen LogP contribution in [-0.2, 0) is 11.3 Å². The van der Waals surface area contributed by atoms with E-state index in [0.29, 0.717) is 33.8 Å². The number of carbonyl (C=O) groups excluding carboxylic acids is 1. The summed E-state index contributed by atoms with van der Waals surface area (Å²) in [5.41, 5.74) is 14.3. The molecule has 0 radical (unpaired) electrons. The van der Waals surface area contributed by atoms with Crippen molar-refractivity contribution in [2.45, 2.75) is 45.4 Å². The summed E-state index contributed by atoms with van der Waals surface area (Å²) in [6.45, 7) is 6.43. The second kappa shape index (κ2) is 8.92. The van der Waals surface area contributed by atoms with Gasteiger partial charge in [-0.25, -0.2) is 4.98 Å². The van der Waals surface area contributed by atoms with Crippen LogP contribution in [0, 0.1) is 17.9 Å². The van der Waals surface area contributed by atoms with Crippen LogP contribution in [0.4, 0.5) is 10.2 Å². The number of nitrogen functional groups attached to an aromatic ring is 1. The first-order chi connectivity index (χ1) is 18.2. The third-order valence-electron chi connectivity index (χ3n) is 7.47. The van der Waals surface area contributed by atoms with E-state index in [-0.39, 0.29) is 24.0 Å². The summed E-state index contributed by atoms with van der Waals surface area (Å²) >= 11 is 0. The standard InChI is InChI=1S/C30H27FN4O3/c1-15(2)22-12-27(32)34-16(3)25(22)13-33-30(36)18-5-7-21-24(11-18)29-23-10-17(4-6-20(23)28(21)38-29)19-8-9-35(37)14-26(19)31/h4-12,14-15,28-29H,13H2,1-3H3,(H2,32,34)(H,33,36)/t28-,29+/m0/s1. The highest BCUT2D eigenvalue weighted by molar-refractivity contribution is 5.94. The zero-order valence-electron chi connectivity index (χ0n) is 21.3. The Bertz CT molecular complexity index is 1620. The fraction of sp³-hybridized carbons (Fsp3) is 0.233. The van der Waals surface area contributed by atoms with Gasteiger partial charge in [0.2, 0.25) is 6.20 Å². The molecule has 0 fully saturated rings. The van der Waals surface area contributed by atoms with E-state index in [4.69, 9.17) is 10.5 Å². The van der Waals surface area contributed by atoms with Gasteiger partial charge in [0.05, 0.1) is 0 Å². The van der Waals surface area contributed by atoms with Gasteiger partial charge in [-0.3, -0.25) is 4.79 Å². The van der Waals surface area contributed by atoms with Gasteiger partial charge in [0.15, 0.2) is 12.0 Å². The molecule has 0 aliphatic carbocycles. The van der Waals surface area contributed by atoms with Crippen LogP contribution in [0.5, 0.6) is 0 Å². The number of benzene rings is 2. The minimum Gasteiger partial charge on any atom is -0.619 e. The number of nitrogens with two attached hydrogens (primary N) is 1. The molecular formula is C30H27FN4O3. The monoisotopic (exact) mass is 510 g/mol. The number of carbonyl (C=O) groups is 1. The average molecular weight is 511 g/mol. The molecule has 0 spiro atoms. The molecule has 38 heavy (non-hydrogen) atoms. The molecule has 7 nitrogen and oxygen atoms in total. The van der Waals surface area contributed by atoms with Crippen LogP contribution in [0.2, 0.25) is 0 Å². The van der Waals surface area contributed by atoms with Gasteiger partial charge < -0.3 is 21.0 Å². The first-order valence-electron chi connectivity index (χ1n) is 12.6. The Morgan fingerprint density at radius 3 is 2.55 bits per heavy atom. The Morgan fingerprint density at radius 2 is 1.82 bits per heavy atom. The molecule has 4 aromatic rings. The normalized spacial score (nSPS) is 17.0. The Hall–Kier alpha value is -4.30. The summed E-state index contributed by atoms with van der Waals surface area (Å²) < 4.78 is 21.2. The fourth-order valence-electron chi connectivity index (χ4n) is 5.60. The molecule has 8 heteroatoms. The summed E-state index contributed by atoms with van der Waals surface area (Å²) in [4.78, 5) is 17.5. The Labute approximate surface area is 219 Å². The van der Waals surface area contributed by atoms with Crippen LogP contribution in [0.1, 0.15) is 81.4 Å². The zero-order valence-corrected chi connectivity index (χ0v) is 21.3. The van der Waals surface area contributed by atoms with Crippen LogP contribution in [-0.4, -0.2) is 10.9 Å². The highest BCUT2D eigenvalue weighted by Crippen LogP contribution is 2.54. The molecule has 4 heterocycles. The van der Waals surface area contributed by atoms with Crippen LogP contribution < -0.4 is 15.8 Å². The third kappa shape index (κ3) is 3.88. The molecular weight excluding hydrogens is 483 g/mol. The van der Waals surface area contributed by atoms with Crippen molar-refractivity contribution in [3.05, 3.63) is 117 Å². The molecule has 2 aromatic heterocycles. The first kappa shape index (κ1) is 24.1. The average Bonchev–Trinajstić information content (AvgIpc) is 3.44. The topological polar surface area (TPSA) is 104 Å². The minimum atomic E-state index is -0.585. The van der Waals surface area contributed by atoms with Crippen molar-refractivity contribution in [1.82, 2.24) is 10.3 Å². The summed E-state index contributed by atoms with van der Waals surface area (Å²) in [5, 5.41) is 14.4. The van der Waals surface area contributed by atoms with E-state index in [1.807, 2.05) is 49.4 Å². The molecule has 2 aromatic carbocycles. The molecule has 1 amide bonds. The van der Waals surface area contributed by atoms with E-state index in [1.54, 1.807) is 0 Å². The van der Waals surface area contributed by atoms with Crippen LogP contribution in [0.3, 0.4) is 0 Å². The van der Waals surface area contributed by atoms with Crippen LogP contribution >= 0.6 is 0 Å². The second-order valence-electron chi connectivity index (χ2n) is 10.2. The number of aromatic nitrogens is 2. The lowest BCUT2D eigenvalue weighted by Gasteiger charge is -2.18. The van der Waals surface area contributed by atoms with Crippen molar-refractivity contribution in [3.63, 3.8) is 0 Å². The molecule has 192 valence electrons. The number of rotatable bonds is 5. The number of halogens is 1. The summed E-state index contributed by atoms with van der Waals surface area (Å²) in [6.07, 6.45) is 1.63. The van der Waals surface area contributed by atoms with Gasteiger partial charge in [0.25, 0.3) is 5.91 Å². The predicted molar refractivity (Wildman–Crippen MR) is 141 cm³/mol. The molecule has 6 rings (SSSR count). The Balaban J connectivity index is 1.26. The van der Waals surface area contributed by atoms with Crippen LogP contribution in [0.15, 0.2) is 60.9 Å². The number of amides is 1. The lowest BCUT2D eigenvalue weighted by atomic mass is 9.84. The number of nitrogens with one attached hydrogen (secondary N) is 1. The smallest absolute Gasteiger partial charge is 0.251 e. The maximum absolute atomic E-state index is 14.5. The van der Waals surface area contributed by atoms with Crippen molar-refractivity contribution >= 4 is 11.7 Å². The largest absolute Gasteiger partial charge is 0.619 e. The maximum atomic E-state index is 14.5. The van der Waals surface area contributed by atoms with Crippen molar-refractivity contribution in [2.75, 3.05) is 5.73 Å². The lowest BCUT2D eigenvalue weighted by Crippen LogP contribution is -2.25. The summed E-state index contributed by atoms with van der Waals surface area (Å²) in [5.74, 6) is -0.0535. The number of nitrogens with zero attached hydrogens (tertiary/aromatic N) is 2. The number of anilines is 1. The number of ether oxygens (including phenoxy) is 1. The van der Waals surface area contributed by atoms with Gasteiger partial charge in [-0.15, -0.1) is 0 Å². The van der Waals surface area contributed by atoms with E-state index in [0.717, 1.165) is 45.3 Å². The molecule has 0 saturated heterocycles. The van der Waals surface area contributed by atoms with Gasteiger partial charge in [-0.2, -0.15) is 9.12 Å². The minimum absolute atomic E-state index is 0.187. The summed E-state index contributed by atoms with van der Waals surface area (Å²) in [6, 6.07) is 14.7. The number of fused-ring (bicyclic) bond motifs is 8. The van der Waals surface area contributed by atoms with E-state index in [1.165, 1.54) is 12.3 Å². The van der Waals surface area contributed by atoms with Crippen molar-refractivity contribution < 1.29 is 18.7 Å². The second-order valence-corrected chi connectivity index (χ2v) is 10.2. The number of pyridine rings is 2. The Morgan fingerprint density at radius 1 is 1.11 bits per heavy atom. The van der Waals surface area contributed by atoms with Gasteiger partial charge in [0.1, 0.15) is 18.0 Å². The molecule has 0 saturated carbocycles. The van der Waals surface area contributed by atoms with E-state index in [9.17, 15) is 14.4 Å². The zero-order chi connectivity index (χ0) is 26.7. The number of hydrogen-bond acceptors (Lipinski definition) is 5. The molecule has 2 aliphatic heterocycles. The highest BCUT2D eigenvalue weighted by atomic mass is 19.1. The maximum Gasteiger partial charge on any atom is 0.251 e. The molecule has 2 bridgehead atoms. The predicted octanol–water partition coefficient (Wildman–Crippen LogP) is 4.99. The molecule has 0 unspecified atom stereocenters. The van der Waals surface area contributed by atoms with Crippen molar-refractivity contribution in [2.24, 2.45) is 0 Å². The highest BCUT2D eigenvalue weighted by Gasteiger charge is 2.43. The molecule has 3 N–H and O–H groups in total.